The molecule has 0 spiro atoms. The number of rotatable bonds is 7. The average molecular weight is 258 g/mol. The van der Waals surface area contributed by atoms with Crippen molar-refractivity contribution in [3.05, 3.63) is 0 Å². The molecule has 18 heavy (non-hydrogen) atoms. The van der Waals surface area contributed by atoms with Crippen LogP contribution in [0.4, 0.5) is 0 Å². The zero-order valence-electron chi connectivity index (χ0n) is 12.7. The molecule has 108 valence electrons. The molecule has 1 fully saturated rings. The van der Waals surface area contributed by atoms with Gasteiger partial charge in [0.25, 0.3) is 0 Å². The van der Waals surface area contributed by atoms with E-state index >= 15 is 0 Å². The molecule has 0 radical (unpaired) electrons. The van der Waals surface area contributed by atoms with Crippen LogP contribution in [-0.4, -0.2) is 62.5 Å². The molecular formula is C14H30N2O2. The zero-order valence-corrected chi connectivity index (χ0v) is 12.7. The molecule has 1 aliphatic rings. The van der Waals surface area contributed by atoms with Crippen LogP contribution in [0, 0.1) is 0 Å². The summed E-state index contributed by atoms with van der Waals surface area (Å²) in [5, 5.41) is 3.50. The maximum absolute atomic E-state index is 5.59. The Morgan fingerprint density at radius 3 is 2.78 bits per heavy atom. The quantitative estimate of drug-likeness (QED) is 0.750. The highest BCUT2D eigenvalue weighted by Crippen LogP contribution is 2.16. The maximum atomic E-state index is 5.59. The smallest absolute Gasteiger partial charge is 0.0634 e. The maximum Gasteiger partial charge on any atom is 0.0634 e. The average Bonchev–Trinajstić information content (AvgIpc) is 2.35. The van der Waals surface area contributed by atoms with E-state index in [2.05, 4.69) is 37.9 Å². The second-order valence-electron chi connectivity index (χ2n) is 6.04. The Morgan fingerprint density at radius 2 is 2.17 bits per heavy atom. The molecule has 1 saturated heterocycles. The van der Waals surface area contributed by atoms with Crippen LogP contribution in [0.3, 0.4) is 0 Å². The van der Waals surface area contributed by atoms with E-state index in [1.807, 2.05) is 0 Å². The van der Waals surface area contributed by atoms with Gasteiger partial charge in [0.1, 0.15) is 0 Å². The summed E-state index contributed by atoms with van der Waals surface area (Å²) in [7, 11) is 1.79. The SMILES string of the molecule is COC(C)(C)CCN1CCOCC1CNC(C)C. The van der Waals surface area contributed by atoms with Crippen LogP contribution < -0.4 is 5.32 Å². The van der Waals surface area contributed by atoms with Gasteiger partial charge in [-0.05, 0) is 20.3 Å². The number of hydrogen-bond acceptors (Lipinski definition) is 4. The highest BCUT2D eigenvalue weighted by Gasteiger charge is 2.25. The molecule has 0 amide bonds. The lowest BCUT2D eigenvalue weighted by atomic mass is 10.0. The molecule has 0 bridgehead atoms. The van der Waals surface area contributed by atoms with Crippen molar-refractivity contribution < 1.29 is 9.47 Å². The molecule has 1 heterocycles. The van der Waals surface area contributed by atoms with Crippen molar-refractivity contribution in [2.24, 2.45) is 0 Å². The Balaban J connectivity index is 2.39. The summed E-state index contributed by atoms with van der Waals surface area (Å²) in [6.45, 7) is 13.5. The molecule has 1 unspecified atom stereocenters. The van der Waals surface area contributed by atoms with Crippen molar-refractivity contribution in [1.82, 2.24) is 10.2 Å². The first-order valence-corrected chi connectivity index (χ1v) is 7.05. The summed E-state index contributed by atoms with van der Waals surface area (Å²) >= 11 is 0. The van der Waals surface area contributed by atoms with Crippen molar-refractivity contribution in [2.75, 3.05) is 40.0 Å². The van der Waals surface area contributed by atoms with Gasteiger partial charge in [-0.1, -0.05) is 13.8 Å². The number of ether oxygens (including phenoxy) is 2. The Labute approximate surface area is 112 Å². The fourth-order valence-corrected chi connectivity index (χ4v) is 2.06. The van der Waals surface area contributed by atoms with E-state index in [1.165, 1.54) is 0 Å². The van der Waals surface area contributed by atoms with Crippen LogP contribution >= 0.6 is 0 Å². The molecule has 0 saturated carbocycles. The predicted molar refractivity (Wildman–Crippen MR) is 75.0 cm³/mol. The third kappa shape index (κ3) is 5.65. The molecule has 1 atom stereocenters. The summed E-state index contributed by atoms with van der Waals surface area (Å²) in [6.07, 6.45) is 1.06. The lowest BCUT2D eigenvalue weighted by molar-refractivity contribution is -0.0319. The molecule has 1 aliphatic heterocycles. The van der Waals surface area contributed by atoms with E-state index in [-0.39, 0.29) is 5.60 Å². The van der Waals surface area contributed by atoms with E-state index in [4.69, 9.17) is 9.47 Å². The third-order valence-corrected chi connectivity index (χ3v) is 3.66. The predicted octanol–water partition coefficient (Wildman–Crippen LogP) is 1.50. The van der Waals surface area contributed by atoms with Gasteiger partial charge < -0.3 is 14.8 Å². The molecule has 0 aromatic carbocycles. The molecule has 4 heteroatoms. The van der Waals surface area contributed by atoms with E-state index in [0.717, 1.165) is 39.3 Å². The van der Waals surface area contributed by atoms with Crippen LogP contribution in [-0.2, 0) is 9.47 Å². The van der Waals surface area contributed by atoms with Crippen LogP contribution in [0.15, 0.2) is 0 Å². The first kappa shape index (κ1) is 15.9. The van der Waals surface area contributed by atoms with Gasteiger partial charge in [-0.25, -0.2) is 0 Å². The van der Waals surface area contributed by atoms with Gasteiger partial charge >= 0.3 is 0 Å². The molecule has 1 rings (SSSR count). The topological polar surface area (TPSA) is 33.7 Å². The van der Waals surface area contributed by atoms with Gasteiger partial charge in [-0.15, -0.1) is 0 Å². The minimum Gasteiger partial charge on any atom is -0.379 e. The normalized spacial score (nSPS) is 22.7. The highest BCUT2D eigenvalue weighted by atomic mass is 16.5. The van der Waals surface area contributed by atoms with Crippen LogP contribution in [0.2, 0.25) is 0 Å². The largest absolute Gasteiger partial charge is 0.379 e. The standard InChI is InChI=1S/C14H30N2O2/c1-12(2)15-10-13-11-18-9-8-16(13)7-6-14(3,4)17-5/h12-13,15H,6-11H2,1-5H3. The van der Waals surface area contributed by atoms with Gasteiger partial charge in [0.05, 0.1) is 18.8 Å². The van der Waals surface area contributed by atoms with Crippen LogP contribution in [0.5, 0.6) is 0 Å². The molecular weight excluding hydrogens is 228 g/mol. The summed E-state index contributed by atoms with van der Waals surface area (Å²) in [4.78, 5) is 2.53. The minimum absolute atomic E-state index is 0.0334. The van der Waals surface area contributed by atoms with Crippen molar-refractivity contribution in [3.63, 3.8) is 0 Å². The fourth-order valence-electron chi connectivity index (χ4n) is 2.06. The molecule has 1 N–H and O–H groups in total. The van der Waals surface area contributed by atoms with Gasteiger partial charge in [0.2, 0.25) is 0 Å². The van der Waals surface area contributed by atoms with E-state index in [1.54, 1.807) is 7.11 Å². The second kappa shape index (κ2) is 7.43. The van der Waals surface area contributed by atoms with Crippen molar-refractivity contribution in [1.29, 1.82) is 0 Å². The lowest BCUT2D eigenvalue weighted by Crippen LogP contribution is -2.52. The zero-order chi connectivity index (χ0) is 13.6. The van der Waals surface area contributed by atoms with Crippen molar-refractivity contribution in [2.45, 2.75) is 51.8 Å². The Bertz CT molecular complexity index is 232. The first-order chi connectivity index (χ1) is 8.44. The van der Waals surface area contributed by atoms with Crippen molar-refractivity contribution in [3.8, 4) is 0 Å². The number of nitrogens with zero attached hydrogens (tertiary/aromatic N) is 1. The number of methoxy groups -OCH3 is 1. The fraction of sp³-hybridized carbons (Fsp3) is 1.00. The van der Waals surface area contributed by atoms with Gasteiger partial charge in [-0.2, -0.15) is 0 Å². The van der Waals surface area contributed by atoms with E-state index < -0.39 is 0 Å². The monoisotopic (exact) mass is 258 g/mol. The molecule has 0 aliphatic carbocycles. The second-order valence-corrected chi connectivity index (χ2v) is 6.04. The molecule has 0 aromatic heterocycles. The Kier molecular flexibility index (Phi) is 6.57. The lowest BCUT2D eigenvalue weighted by Gasteiger charge is -2.37. The Hall–Kier alpha value is -0.160. The van der Waals surface area contributed by atoms with Crippen molar-refractivity contribution >= 4 is 0 Å². The van der Waals surface area contributed by atoms with Crippen LogP contribution in [0.1, 0.15) is 34.1 Å². The van der Waals surface area contributed by atoms with Gasteiger partial charge in [0.15, 0.2) is 0 Å². The summed E-state index contributed by atoms with van der Waals surface area (Å²) < 4.78 is 11.1. The molecule has 0 aromatic rings. The first-order valence-electron chi connectivity index (χ1n) is 7.05. The van der Waals surface area contributed by atoms with E-state index in [9.17, 15) is 0 Å². The molecule has 4 nitrogen and oxygen atoms in total. The minimum atomic E-state index is -0.0334. The summed E-state index contributed by atoms with van der Waals surface area (Å²) in [5.74, 6) is 0. The Morgan fingerprint density at radius 1 is 1.44 bits per heavy atom. The van der Waals surface area contributed by atoms with Gasteiger partial charge in [0, 0.05) is 38.8 Å². The highest BCUT2D eigenvalue weighted by molar-refractivity contribution is 4.80. The van der Waals surface area contributed by atoms with E-state index in [0.29, 0.717) is 12.1 Å². The van der Waals surface area contributed by atoms with Gasteiger partial charge in [-0.3, -0.25) is 4.90 Å². The summed E-state index contributed by atoms with van der Waals surface area (Å²) in [6, 6.07) is 1.03. The summed E-state index contributed by atoms with van der Waals surface area (Å²) in [5.41, 5.74) is -0.0334. The number of nitrogens with one attached hydrogen (secondary N) is 1. The number of morpholine rings is 1. The third-order valence-electron chi connectivity index (χ3n) is 3.66. The van der Waals surface area contributed by atoms with Crippen LogP contribution in [0.25, 0.3) is 0 Å². The number of hydrogen-bond donors (Lipinski definition) is 1.